The van der Waals surface area contributed by atoms with Crippen molar-refractivity contribution in [3.63, 3.8) is 0 Å². The molecule has 2 aromatic rings. The Morgan fingerprint density at radius 3 is 2.50 bits per heavy atom. The van der Waals surface area contributed by atoms with Crippen molar-refractivity contribution in [1.29, 1.82) is 0 Å². The van der Waals surface area contributed by atoms with Crippen molar-refractivity contribution < 1.29 is 9.53 Å². The lowest BCUT2D eigenvalue weighted by atomic mass is 10.2. The van der Waals surface area contributed by atoms with Crippen molar-refractivity contribution in [2.45, 2.75) is 33.6 Å². The Morgan fingerprint density at radius 2 is 1.88 bits per heavy atom. The predicted octanol–water partition coefficient (Wildman–Crippen LogP) is 4.60. The normalized spacial score (nSPS) is 10.5. The van der Waals surface area contributed by atoms with E-state index in [9.17, 15) is 4.79 Å². The molecule has 0 aliphatic heterocycles. The third-order valence-corrected chi connectivity index (χ3v) is 4.09. The highest BCUT2D eigenvalue weighted by atomic mass is 35.5. The molecule has 1 N–H and O–H groups in total. The number of anilines is 3. The van der Waals surface area contributed by atoms with E-state index >= 15 is 0 Å². The van der Waals surface area contributed by atoms with Crippen molar-refractivity contribution in [2.24, 2.45) is 0 Å². The fourth-order valence-corrected chi connectivity index (χ4v) is 2.78. The van der Waals surface area contributed by atoms with Crippen LogP contribution in [0, 0.1) is 6.92 Å². The van der Waals surface area contributed by atoms with Gasteiger partial charge in [0.25, 0.3) is 0 Å². The Bertz CT molecular complexity index is 761. The standard InChI is InChI=1S/C19H25ClN4O2/c1-5-9-24(10-6-2)19-21-13(3)11-17(23-19)22-16-12-14(18(25)26-4)7-8-15(16)20/h7-8,11-12H,5-6,9-10H2,1-4H3,(H,21,22,23). The number of nitrogens with zero attached hydrogens (tertiary/aromatic N) is 3. The highest BCUT2D eigenvalue weighted by molar-refractivity contribution is 6.33. The monoisotopic (exact) mass is 376 g/mol. The molecule has 7 heteroatoms. The Balaban J connectivity index is 2.33. The molecule has 1 aromatic carbocycles. The van der Waals surface area contributed by atoms with Crippen molar-refractivity contribution in [2.75, 3.05) is 30.4 Å². The molecule has 0 unspecified atom stereocenters. The topological polar surface area (TPSA) is 67.4 Å². The molecule has 0 spiro atoms. The van der Waals surface area contributed by atoms with Gasteiger partial charge in [0.2, 0.25) is 5.95 Å². The summed E-state index contributed by atoms with van der Waals surface area (Å²) in [6, 6.07) is 6.79. The second kappa shape index (κ2) is 9.38. The van der Waals surface area contributed by atoms with E-state index in [2.05, 4.69) is 34.0 Å². The largest absolute Gasteiger partial charge is 0.465 e. The fraction of sp³-hybridized carbons (Fsp3) is 0.421. The average molecular weight is 377 g/mol. The second-order valence-corrected chi connectivity index (χ2v) is 6.40. The number of aromatic nitrogens is 2. The van der Waals surface area contributed by atoms with Gasteiger partial charge in [0, 0.05) is 24.8 Å². The van der Waals surface area contributed by atoms with Crippen LogP contribution in [0.3, 0.4) is 0 Å². The van der Waals surface area contributed by atoms with E-state index in [-0.39, 0.29) is 0 Å². The summed E-state index contributed by atoms with van der Waals surface area (Å²) in [7, 11) is 1.35. The minimum absolute atomic E-state index is 0.415. The molecule has 0 bridgehead atoms. The van der Waals surface area contributed by atoms with E-state index < -0.39 is 5.97 Å². The molecule has 0 aliphatic rings. The number of ether oxygens (including phenoxy) is 1. The van der Waals surface area contributed by atoms with E-state index in [1.165, 1.54) is 7.11 Å². The van der Waals surface area contributed by atoms with Gasteiger partial charge in [-0.15, -0.1) is 0 Å². The van der Waals surface area contributed by atoms with Gasteiger partial charge in [-0.25, -0.2) is 9.78 Å². The van der Waals surface area contributed by atoms with Crippen LogP contribution in [0.1, 0.15) is 42.7 Å². The number of carbonyl (C=O) groups is 1. The van der Waals surface area contributed by atoms with Crippen molar-refractivity contribution in [3.05, 3.63) is 40.5 Å². The summed E-state index contributed by atoms with van der Waals surface area (Å²) in [5.74, 6) is 0.909. The summed E-state index contributed by atoms with van der Waals surface area (Å²) in [4.78, 5) is 23.1. The highest BCUT2D eigenvalue weighted by Gasteiger charge is 2.13. The van der Waals surface area contributed by atoms with Crippen molar-refractivity contribution in [3.8, 4) is 0 Å². The number of benzene rings is 1. The van der Waals surface area contributed by atoms with Crippen LogP contribution in [0.2, 0.25) is 5.02 Å². The van der Waals surface area contributed by atoms with Crippen LogP contribution in [-0.2, 0) is 4.74 Å². The predicted molar refractivity (Wildman–Crippen MR) is 106 cm³/mol. The number of rotatable bonds is 8. The van der Waals surface area contributed by atoms with Gasteiger partial charge in [0.15, 0.2) is 0 Å². The number of hydrogen-bond donors (Lipinski definition) is 1. The van der Waals surface area contributed by atoms with Gasteiger partial charge in [-0.3, -0.25) is 0 Å². The summed E-state index contributed by atoms with van der Waals surface area (Å²) < 4.78 is 4.76. The smallest absolute Gasteiger partial charge is 0.337 e. The molecule has 0 radical (unpaired) electrons. The van der Waals surface area contributed by atoms with Crippen LogP contribution in [-0.4, -0.2) is 36.1 Å². The maximum atomic E-state index is 11.7. The molecule has 0 fully saturated rings. The summed E-state index contributed by atoms with van der Waals surface area (Å²) in [6.07, 6.45) is 2.04. The average Bonchev–Trinajstić information content (AvgIpc) is 2.62. The quantitative estimate of drug-likeness (QED) is 0.679. The van der Waals surface area contributed by atoms with Crippen LogP contribution in [0.5, 0.6) is 0 Å². The summed E-state index contributed by atoms with van der Waals surface area (Å²) in [5, 5.41) is 3.69. The third kappa shape index (κ3) is 5.08. The van der Waals surface area contributed by atoms with Crippen LogP contribution in [0.25, 0.3) is 0 Å². The molecule has 140 valence electrons. The number of methoxy groups -OCH3 is 1. The fourth-order valence-electron chi connectivity index (χ4n) is 2.61. The van der Waals surface area contributed by atoms with Crippen molar-refractivity contribution >= 4 is 35.0 Å². The SMILES string of the molecule is CCCN(CCC)c1nc(C)cc(Nc2cc(C(=O)OC)ccc2Cl)n1. The first-order valence-electron chi connectivity index (χ1n) is 8.74. The Kier molecular flexibility index (Phi) is 7.21. The van der Waals surface area contributed by atoms with E-state index in [1.54, 1.807) is 18.2 Å². The first kappa shape index (κ1) is 20.0. The lowest BCUT2D eigenvalue weighted by molar-refractivity contribution is 0.0601. The summed E-state index contributed by atoms with van der Waals surface area (Å²) in [5.41, 5.74) is 1.87. The summed E-state index contributed by atoms with van der Waals surface area (Å²) >= 11 is 6.27. The minimum atomic E-state index is -0.415. The maximum Gasteiger partial charge on any atom is 0.337 e. The van der Waals surface area contributed by atoms with Crippen molar-refractivity contribution in [1.82, 2.24) is 9.97 Å². The molecule has 1 heterocycles. The molecule has 0 atom stereocenters. The summed E-state index contributed by atoms with van der Waals surface area (Å²) in [6.45, 7) is 7.99. The van der Waals surface area contributed by atoms with Gasteiger partial charge in [-0.1, -0.05) is 25.4 Å². The number of halogens is 1. The minimum Gasteiger partial charge on any atom is -0.465 e. The zero-order valence-electron chi connectivity index (χ0n) is 15.7. The van der Waals surface area contributed by atoms with Gasteiger partial charge in [0.1, 0.15) is 5.82 Å². The Hall–Kier alpha value is -2.34. The van der Waals surface area contributed by atoms with E-state index in [0.29, 0.717) is 28.0 Å². The molecule has 0 saturated carbocycles. The first-order chi connectivity index (χ1) is 12.5. The van der Waals surface area contributed by atoms with Crippen LogP contribution < -0.4 is 10.2 Å². The van der Waals surface area contributed by atoms with Gasteiger partial charge >= 0.3 is 5.97 Å². The molecule has 6 nitrogen and oxygen atoms in total. The second-order valence-electron chi connectivity index (χ2n) is 5.99. The molecule has 0 aliphatic carbocycles. The number of nitrogens with one attached hydrogen (secondary N) is 1. The number of carbonyl (C=O) groups excluding carboxylic acids is 1. The number of aryl methyl sites for hydroxylation is 1. The molecule has 1 aromatic heterocycles. The zero-order chi connectivity index (χ0) is 19.1. The van der Waals surface area contributed by atoms with Crippen LogP contribution in [0.4, 0.5) is 17.5 Å². The Labute approximate surface area is 159 Å². The molecule has 2 rings (SSSR count). The van der Waals surface area contributed by atoms with Crippen LogP contribution in [0.15, 0.2) is 24.3 Å². The highest BCUT2D eigenvalue weighted by Crippen LogP contribution is 2.27. The van der Waals surface area contributed by atoms with E-state index in [1.807, 2.05) is 13.0 Å². The van der Waals surface area contributed by atoms with Gasteiger partial charge in [0.05, 0.1) is 23.4 Å². The molecule has 0 amide bonds. The molecular weight excluding hydrogens is 352 g/mol. The maximum absolute atomic E-state index is 11.7. The van der Waals surface area contributed by atoms with Crippen LogP contribution >= 0.6 is 11.6 Å². The molecule has 0 saturated heterocycles. The molecular formula is C19H25ClN4O2. The van der Waals surface area contributed by atoms with Gasteiger partial charge in [-0.2, -0.15) is 4.98 Å². The lowest BCUT2D eigenvalue weighted by Gasteiger charge is -2.22. The zero-order valence-corrected chi connectivity index (χ0v) is 16.4. The number of hydrogen-bond acceptors (Lipinski definition) is 6. The van der Waals surface area contributed by atoms with Gasteiger partial charge in [-0.05, 0) is 38.0 Å². The third-order valence-electron chi connectivity index (χ3n) is 3.76. The van der Waals surface area contributed by atoms with E-state index in [4.69, 9.17) is 16.3 Å². The van der Waals surface area contributed by atoms with E-state index in [0.717, 1.165) is 31.6 Å². The lowest BCUT2D eigenvalue weighted by Crippen LogP contribution is -2.27. The first-order valence-corrected chi connectivity index (χ1v) is 9.11. The van der Waals surface area contributed by atoms with Gasteiger partial charge < -0.3 is 15.0 Å². The number of esters is 1. The molecule has 26 heavy (non-hydrogen) atoms. The Morgan fingerprint density at radius 1 is 1.19 bits per heavy atom.